The molecule has 0 radical (unpaired) electrons. The Labute approximate surface area is 92.7 Å². The van der Waals surface area contributed by atoms with Gasteiger partial charge in [0.2, 0.25) is 0 Å². The Balaban J connectivity index is 3.03. The van der Waals surface area contributed by atoms with Crippen molar-refractivity contribution in [2.24, 2.45) is 0 Å². The van der Waals surface area contributed by atoms with Crippen molar-refractivity contribution in [3.63, 3.8) is 0 Å². The zero-order valence-corrected chi connectivity index (χ0v) is 9.66. The van der Waals surface area contributed by atoms with Crippen molar-refractivity contribution in [3.8, 4) is 5.75 Å². The Morgan fingerprint density at radius 3 is 2.57 bits per heavy atom. The topological polar surface area (TPSA) is 43.4 Å². The molecule has 0 aliphatic rings. The Morgan fingerprint density at radius 2 is 2.00 bits per heavy atom. The van der Waals surface area contributed by atoms with E-state index in [0.717, 1.165) is 0 Å². The highest BCUT2D eigenvalue weighted by Gasteiger charge is 2.12. The number of rotatable bonds is 3. The number of benzene rings is 1. The van der Waals surface area contributed by atoms with Crippen LogP contribution in [0.4, 0.5) is 0 Å². The normalized spacial score (nSPS) is 11.4. The van der Waals surface area contributed by atoms with Crippen LogP contribution in [0.2, 0.25) is 10.0 Å². The molecular formula is C8H8Cl2O3S. The van der Waals surface area contributed by atoms with Gasteiger partial charge in [-0.25, -0.2) is 0 Å². The van der Waals surface area contributed by atoms with Gasteiger partial charge in [0.05, 0.1) is 10.8 Å². The molecule has 0 N–H and O–H groups in total. The average molecular weight is 255 g/mol. The lowest BCUT2D eigenvalue weighted by Gasteiger charge is -2.06. The van der Waals surface area contributed by atoms with Gasteiger partial charge in [-0.3, -0.25) is 0 Å². The van der Waals surface area contributed by atoms with Crippen molar-refractivity contribution in [2.75, 3.05) is 5.75 Å². The van der Waals surface area contributed by atoms with Gasteiger partial charge in [-0.1, -0.05) is 23.2 Å². The molecule has 1 aromatic carbocycles. The zero-order chi connectivity index (χ0) is 10.8. The molecular weight excluding hydrogens is 247 g/mol. The van der Waals surface area contributed by atoms with E-state index in [0.29, 0.717) is 5.02 Å². The third-order valence-corrected chi connectivity index (χ3v) is 3.15. The van der Waals surface area contributed by atoms with Crippen LogP contribution in [-0.4, -0.2) is 14.2 Å². The molecule has 0 unspecified atom stereocenters. The van der Waals surface area contributed by atoms with Gasteiger partial charge in [-0.15, -0.1) is 0 Å². The van der Waals surface area contributed by atoms with Crippen LogP contribution in [-0.2, 0) is 10.1 Å². The van der Waals surface area contributed by atoms with Crippen molar-refractivity contribution >= 4 is 33.3 Å². The fourth-order valence-corrected chi connectivity index (χ4v) is 1.63. The highest BCUT2D eigenvalue weighted by molar-refractivity contribution is 7.87. The second kappa shape index (κ2) is 4.38. The predicted octanol–water partition coefficient (Wildman–Crippen LogP) is 2.72. The molecule has 0 saturated heterocycles. The molecule has 78 valence electrons. The van der Waals surface area contributed by atoms with Crippen LogP contribution < -0.4 is 4.18 Å². The molecule has 0 bridgehead atoms. The van der Waals surface area contributed by atoms with Crippen LogP contribution >= 0.6 is 23.2 Å². The molecule has 1 aromatic rings. The Hall–Kier alpha value is -0.450. The van der Waals surface area contributed by atoms with Crippen molar-refractivity contribution < 1.29 is 12.6 Å². The van der Waals surface area contributed by atoms with Gasteiger partial charge in [-0.05, 0) is 19.1 Å². The summed E-state index contributed by atoms with van der Waals surface area (Å²) < 4.78 is 26.9. The summed E-state index contributed by atoms with van der Waals surface area (Å²) in [7, 11) is -3.55. The summed E-state index contributed by atoms with van der Waals surface area (Å²) in [6.45, 7) is 1.48. The Bertz CT molecular complexity index is 428. The van der Waals surface area contributed by atoms with E-state index in [1.807, 2.05) is 0 Å². The van der Waals surface area contributed by atoms with Crippen LogP contribution in [0, 0.1) is 0 Å². The first-order chi connectivity index (χ1) is 6.44. The van der Waals surface area contributed by atoms with E-state index < -0.39 is 10.1 Å². The highest BCUT2D eigenvalue weighted by atomic mass is 35.5. The second-order valence-corrected chi connectivity index (χ2v) is 5.21. The molecule has 1 rings (SSSR count). The van der Waals surface area contributed by atoms with Crippen molar-refractivity contribution in [3.05, 3.63) is 28.2 Å². The van der Waals surface area contributed by atoms with Gasteiger partial charge in [0.15, 0.2) is 5.75 Å². The van der Waals surface area contributed by atoms with Crippen LogP contribution in [0.15, 0.2) is 18.2 Å². The summed E-state index contributed by atoms with van der Waals surface area (Å²) in [5, 5.41) is 0.585. The van der Waals surface area contributed by atoms with Crippen LogP contribution in [0.25, 0.3) is 0 Å². The van der Waals surface area contributed by atoms with Gasteiger partial charge in [-0.2, -0.15) is 8.42 Å². The lowest BCUT2D eigenvalue weighted by molar-refractivity contribution is 0.487. The third-order valence-electron chi connectivity index (χ3n) is 1.46. The van der Waals surface area contributed by atoms with Crippen LogP contribution in [0.3, 0.4) is 0 Å². The van der Waals surface area contributed by atoms with Gasteiger partial charge < -0.3 is 4.18 Å². The molecule has 6 heteroatoms. The maximum absolute atomic E-state index is 11.1. The smallest absolute Gasteiger partial charge is 0.308 e. The fraction of sp³-hybridized carbons (Fsp3) is 0.250. The molecule has 0 spiro atoms. The summed E-state index contributed by atoms with van der Waals surface area (Å²) in [5.74, 6) is -0.0587. The summed E-state index contributed by atoms with van der Waals surface area (Å²) >= 11 is 11.4. The SMILES string of the molecule is CCS(=O)(=O)Oc1cc(Cl)ccc1Cl. The van der Waals surface area contributed by atoms with Crippen molar-refractivity contribution in [2.45, 2.75) is 6.92 Å². The van der Waals surface area contributed by atoms with E-state index in [1.165, 1.54) is 19.1 Å². The van der Waals surface area contributed by atoms with E-state index in [2.05, 4.69) is 0 Å². The summed E-state index contributed by atoms with van der Waals surface area (Å²) in [6.07, 6.45) is 0. The predicted molar refractivity (Wildman–Crippen MR) is 56.6 cm³/mol. The standard InChI is InChI=1S/C8H8Cl2O3S/c1-2-14(11,12)13-8-5-6(9)3-4-7(8)10/h3-5H,2H2,1H3. The fourth-order valence-electron chi connectivity index (χ4n) is 0.737. The molecule has 0 aromatic heterocycles. The van der Waals surface area contributed by atoms with E-state index >= 15 is 0 Å². The minimum absolute atomic E-state index is 0.0565. The van der Waals surface area contributed by atoms with E-state index in [9.17, 15) is 8.42 Å². The number of halogens is 2. The number of hydrogen-bond acceptors (Lipinski definition) is 3. The minimum atomic E-state index is -3.55. The molecule has 0 heterocycles. The lowest BCUT2D eigenvalue weighted by atomic mass is 10.3. The van der Waals surface area contributed by atoms with E-state index in [4.69, 9.17) is 27.4 Å². The molecule has 0 fully saturated rings. The third kappa shape index (κ3) is 3.04. The second-order valence-electron chi connectivity index (χ2n) is 2.50. The molecule has 14 heavy (non-hydrogen) atoms. The molecule has 0 aliphatic heterocycles. The monoisotopic (exact) mass is 254 g/mol. The first kappa shape index (κ1) is 11.6. The number of hydrogen-bond donors (Lipinski definition) is 0. The minimum Gasteiger partial charge on any atom is -0.381 e. The van der Waals surface area contributed by atoms with Gasteiger partial charge in [0.25, 0.3) is 0 Å². The summed E-state index contributed by atoms with van der Waals surface area (Å²) in [6, 6.07) is 4.39. The maximum atomic E-state index is 11.1. The lowest BCUT2D eigenvalue weighted by Crippen LogP contribution is -2.11. The summed E-state index contributed by atoms with van der Waals surface area (Å²) in [4.78, 5) is 0. The van der Waals surface area contributed by atoms with E-state index in [1.54, 1.807) is 6.07 Å². The molecule has 0 amide bonds. The van der Waals surface area contributed by atoms with Crippen LogP contribution in [0.1, 0.15) is 6.92 Å². The largest absolute Gasteiger partial charge is 0.381 e. The van der Waals surface area contributed by atoms with E-state index in [-0.39, 0.29) is 16.5 Å². The van der Waals surface area contributed by atoms with Gasteiger partial charge in [0, 0.05) is 11.1 Å². The maximum Gasteiger partial charge on any atom is 0.308 e. The molecule has 3 nitrogen and oxygen atoms in total. The molecule has 0 atom stereocenters. The Kier molecular flexibility index (Phi) is 3.64. The van der Waals surface area contributed by atoms with Crippen molar-refractivity contribution in [1.82, 2.24) is 0 Å². The van der Waals surface area contributed by atoms with Gasteiger partial charge >= 0.3 is 10.1 Å². The molecule has 0 saturated carbocycles. The summed E-state index contributed by atoms with van der Waals surface area (Å²) in [5.41, 5.74) is 0. The first-order valence-corrected chi connectivity index (χ1v) is 6.15. The van der Waals surface area contributed by atoms with Crippen LogP contribution in [0.5, 0.6) is 5.75 Å². The van der Waals surface area contributed by atoms with Gasteiger partial charge in [0.1, 0.15) is 0 Å². The average Bonchev–Trinajstić information content (AvgIpc) is 2.11. The first-order valence-electron chi connectivity index (χ1n) is 3.82. The highest BCUT2D eigenvalue weighted by Crippen LogP contribution is 2.28. The quantitative estimate of drug-likeness (QED) is 0.780. The van der Waals surface area contributed by atoms with Crippen molar-refractivity contribution in [1.29, 1.82) is 0 Å². The Morgan fingerprint density at radius 1 is 1.36 bits per heavy atom. The molecule has 0 aliphatic carbocycles. The zero-order valence-electron chi connectivity index (χ0n) is 7.33.